The van der Waals surface area contributed by atoms with Crippen molar-refractivity contribution >= 4 is 17.5 Å². The topological polar surface area (TPSA) is 76.6 Å². The number of benzene rings is 1. The normalized spacial score (nSPS) is 19.0. The Morgan fingerprint density at radius 1 is 1.29 bits per heavy atom. The molecule has 1 saturated heterocycles. The number of morpholine rings is 1. The van der Waals surface area contributed by atoms with Crippen LogP contribution in [0.4, 0.5) is 24.8 Å². The summed E-state index contributed by atoms with van der Waals surface area (Å²) in [7, 11) is 1.18. The van der Waals surface area contributed by atoms with Crippen LogP contribution in [0.5, 0.6) is 5.75 Å². The van der Waals surface area contributed by atoms with E-state index in [0.717, 1.165) is 30.4 Å². The van der Waals surface area contributed by atoms with Crippen LogP contribution in [0, 0.1) is 5.92 Å². The summed E-state index contributed by atoms with van der Waals surface area (Å²) < 4.78 is 49.8. The molecule has 2 heterocycles. The molecule has 0 bridgehead atoms. The minimum absolute atomic E-state index is 0.0860. The molecule has 4 rings (SSSR count). The third-order valence-electron chi connectivity index (χ3n) is 5.57. The molecule has 2 aromatic rings. The summed E-state index contributed by atoms with van der Waals surface area (Å²) in [5.41, 5.74) is 0.979. The average molecular weight is 436 g/mol. The smallest absolute Gasteiger partial charge is 0.420 e. The number of alkyl halides is 3. The number of nitrogens with zero attached hydrogens (tertiary/aromatic N) is 3. The van der Waals surface area contributed by atoms with Crippen molar-refractivity contribution in [3.05, 3.63) is 41.2 Å². The lowest BCUT2D eigenvalue weighted by Crippen LogP contribution is -2.38. The monoisotopic (exact) mass is 436 g/mol. The zero-order chi connectivity index (χ0) is 22.0. The van der Waals surface area contributed by atoms with Crippen LogP contribution in [0.3, 0.4) is 0 Å². The summed E-state index contributed by atoms with van der Waals surface area (Å²) >= 11 is 0. The van der Waals surface area contributed by atoms with E-state index in [1.807, 2.05) is 0 Å². The average Bonchev–Trinajstić information content (AvgIpc) is 2.78. The fourth-order valence-electron chi connectivity index (χ4n) is 3.89. The van der Waals surface area contributed by atoms with Gasteiger partial charge in [0.25, 0.3) is 0 Å². The van der Waals surface area contributed by atoms with E-state index in [2.05, 4.69) is 20.2 Å². The van der Waals surface area contributed by atoms with E-state index >= 15 is 0 Å². The van der Waals surface area contributed by atoms with Crippen molar-refractivity contribution in [1.82, 2.24) is 9.97 Å². The maximum atomic E-state index is 13.2. The Morgan fingerprint density at radius 3 is 2.77 bits per heavy atom. The lowest BCUT2D eigenvalue weighted by Gasteiger charge is -2.28. The minimum Gasteiger partial charge on any atom is -0.496 e. The second kappa shape index (κ2) is 8.70. The van der Waals surface area contributed by atoms with Gasteiger partial charge in [-0.05, 0) is 43.0 Å². The van der Waals surface area contributed by atoms with Crippen LogP contribution in [-0.4, -0.2) is 49.3 Å². The molecule has 0 radical (unpaired) electrons. The minimum atomic E-state index is -4.58. The van der Waals surface area contributed by atoms with E-state index in [1.165, 1.54) is 19.2 Å². The molecule has 10 heteroatoms. The van der Waals surface area contributed by atoms with E-state index < -0.39 is 11.7 Å². The van der Waals surface area contributed by atoms with Crippen molar-refractivity contribution in [3.8, 4) is 5.75 Å². The molecular weight excluding hydrogens is 413 g/mol. The predicted molar refractivity (Wildman–Crippen MR) is 107 cm³/mol. The standard InChI is InChI=1S/C21H23F3N4O3/c1-30-18-5-3-15(11-16(18)21(22,23)24)26-19(29)13-2-4-17-14(10-13)12-25-20(27-17)28-6-8-31-9-7-28/h3,5,11-13H,2,4,6-10H2,1H3,(H,26,29). The number of rotatable bonds is 4. The predicted octanol–water partition coefficient (Wildman–Crippen LogP) is 3.08. The molecule has 0 spiro atoms. The van der Waals surface area contributed by atoms with Crippen LogP contribution in [0.1, 0.15) is 23.2 Å². The number of anilines is 2. The Hall–Kier alpha value is -2.88. The molecule has 1 N–H and O–H groups in total. The Kier molecular flexibility index (Phi) is 5.99. The van der Waals surface area contributed by atoms with Gasteiger partial charge in [-0.2, -0.15) is 13.2 Å². The zero-order valence-electron chi connectivity index (χ0n) is 17.0. The molecule has 1 aliphatic heterocycles. The van der Waals surface area contributed by atoms with Gasteiger partial charge in [0.1, 0.15) is 5.75 Å². The van der Waals surface area contributed by atoms with Crippen LogP contribution in [0.15, 0.2) is 24.4 Å². The van der Waals surface area contributed by atoms with Gasteiger partial charge in [0.05, 0.1) is 25.9 Å². The molecule has 1 fully saturated rings. The van der Waals surface area contributed by atoms with E-state index in [0.29, 0.717) is 38.4 Å². The van der Waals surface area contributed by atoms with E-state index in [1.54, 1.807) is 6.20 Å². The highest BCUT2D eigenvalue weighted by molar-refractivity contribution is 5.93. The van der Waals surface area contributed by atoms with Crippen LogP contribution in [0.2, 0.25) is 0 Å². The first-order valence-electron chi connectivity index (χ1n) is 10.1. The third kappa shape index (κ3) is 4.73. The van der Waals surface area contributed by atoms with E-state index in [-0.39, 0.29) is 23.3 Å². The van der Waals surface area contributed by atoms with Crippen LogP contribution in [0.25, 0.3) is 0 Å². The van der Waals surface area contributed by atoms with Crippen LogP contribution < -0.4 is 15.0 Å². The van der Waals surface area contributed by atoms with Crippen molar-refractivity contribution < 1.29 is 27.4 Å². The largest absolute Gasteiger partial charge is 0.496 e. The fourth-order valence-corrected chi connectivity index (χ4v) is 3.89. The lowest BCUT2D eigenvalue weighted by molar-refractivity contribution is -0.138. The number of carbonyl (C=O) groups excluding carboxylic acids is 1. The van der Waals surface area contributed by atoms with Gasteiger partial charge in [0, 0.05) is 36.6 Å². The third-order valence-corrected chi connectivity index (χ3v) is 5.57. The van der Waals surface area contributed by atoms with E-state index in [4.69, 9.17) is 9.47 Å². The summed E-state index contributed by atoms with van der Waals surface area (Å²) in [6.45, 7) is 2.77. The number of aromatic nitrogens is 2. The number of hydrogen-bond donors (Lipinski definition) is 1. The lowest BCUT2D eigenvalue weighted by atomic mass is 9.86. The molecule has 1 unspecified atom stereocenters. The van der Waals surface area contributed by atoms with Gasteiger partial charge in [-0.1, -0.05) is 0 Å². The summed E-state index contributed by atoms with van der Waals surface area (Å²) in [5.74, 6) is -0.295. The van der Waals surface area contributed by atoms with Gasteiger partial charge >= 0.3 is 6.18 Å². The number of methoxy groups -OCH3 is 1. The molecule has 31 heavy (non-hydrogen) atoms. The first kappa shape index (κ1) is 21.4. The van der Waals surface area contributed by atoms with Crippen molar-refractivity contribution in [2.45, 2.75) is 25.4 Å². The molecule has 0 saturated carbocycles. The molecule has 1 atom stereocenters. The molecule has 1 aliphatic carbocycles. The zero-order valence-corrected chi connectivity index (χ0v) is 17.0. The van der Waals surface area contributed by atoms with Gasteiger partial charge in [0.15, 0.2) is 0 Å². The van der Waals surface area contributed by atoms with Gasteiger partial charge in [-0.15, -0.1) is 0 Å². The molecule has 1 aromatic heterocycles. The molecule has 2 aliphatic rings. The van der Waals surface area contributed by atoms with Gasteiger partial charge in [-0.25, -0.2) is 9.97 Å². The Balaban J connectivity index is 1.44. The van der Waals surface area contributed by atoms with Crippen molar-refractivity contribution in [2.75, 3.05) is 43.6 Å². The SMILES string of the molecule is COc1ccc(NC(=O)C2CCc3nc(N4CCOCC4)ncc3C2)cc1C(F)(F)F. The summed E-state index contributed by atoms with van der Waals surface area (Å²) in [5, 5.41) is 2.61. The highest BCUT2D eigenvalue weighted by atomic mass is 19.4. The maximum Gasteiger partial charge on any atom is 0.420 e. The van der Waals surface area contributed by atoms with Crippen molar-refractivity contribution in [3.63, 3.8) is 0 Å². The van der Waals surface area contributed by atoms with Gasteiger partial charge in [0.2, 0.25) is 11.9 Å². The highest BCUT2D eigenvalue weighted by Gasteiger charge is 2.35. The second-order valence-corrected chi connectivity index (χ2v) is 7.58. The van der Waals surface area contributed by atoms with Crippen LogP contribution >= 0.6 is 0 Å². The Bertz CT molecular complexity index is 961. The number of carbonyl (C=O) groups is 1. The number of fused-ring (bicyclic) bond motifs is 1. The molecular formula is C21H23F3N4O3. The summed E-state index contributed by atoms with van der Waals surface area (Å²) in [6.07, 6.45) is -1.19. The molecule has 1 aromatic carbocycles. The quantitative estimate of drug-likeness (QED) is 0.794. The molecule has 166 valence electrons. The molecule has 1 amide bonds. The fraction of sp³-hybridized carbons (Fsp3) is 0.476. The van der Waals surface area contributed by atoms with Crippen LogP contribution in [-0.2, 0) is 28.5 Å². The van der Waals surface area contributed by atoms with E-state index in [9.17, 15) is 18.0 Å². The number of ether oxygens (including phenoxy) is 2. The number of amides is 1. The van der Waals surface area contributed by atoms with Gasteiger partial charge in [-0.3, -0.25) is 4.79 Å². The second-order valence-electron chi connectivity index (χ2n) is 7.58. The summed E-state index contributed by atoms with van der Waals surface area (Å²) in [6, 6.07) is 3.50. The number of halogens is 3. The number of hydrogen-bond acceptors (Lipinski definition) is 6. The van der Waals surface area contributed by atoms with Gasteiger partial charge < -0.3 is 19.7 Å². The van der Waals surface area contributed by atoms with Crippen molar-refractivity contribution in [2.24, 2.45) is 5.92 Å². The van der Waals surface area contributed by atoms with Crippen molar-refractivity contribution in [1.29, 1.82) is 0 Å². The Morgan fingerprint density at radius 2 is 2.06 bits per heavy atom. The first-order valence-corrected chi connectivity index (χ1v) is 10.1. The Labute approximate surface area is 177 Å². The first-order chi connectivity index (χ1) is 14.8. The number of aryl methyl sites for hydroxylation is 1. The number of nitrogens with one attached hydrogen (secondary N) is 1. The highest BCUT2D eigenvalue weighted by Crippen LogP contribution is 2.38. The molecule has 7 nitrogen and oxygen atoms in total. The maximum absolute atomic E-state index is 13.2. The summed E-state index contributed by atoms with van der Waals surface area (Å²) in [4.78, 5) is 23.9.